The predicted octanol–water partition coefficient (Wildman–Crippen LogP) is 3.50. The number of carbonyl (C=O) groups excluding carboxylic acids is 1. The van der Waals surface area contributed by atoms with Crippen molar-refractivity contribution in [2.45, 2.75) is 20.4 Å². The Labute approximate surface area is 123 Å². The fourth-order valence-corrected chi connectivity index (χ4v) is 2.18. The first-order chi connectivity index (χ1) is 10.0. The molecule has 3 nitrogen and oxygen atoms in total. The van der Waals surface area contributed by atoms with E-state index < -0.39 is 0 Å². The summed E-state index contributed by atoms with van der Waals surface area (Å²) < 4.78 is 13.2. The maximum Gasteiger partial charge on any atom is 0.257 e. The predicted molar refractivity (Wildman–Crippen MR) is 79.7 cm³/mol. The van der Waals surface area contributed by atoms with Crippen LogP contribution in [0.3, 0.4) is 0 Å². The van der Waals surface area contributed by atoms with Crippen molar-refractivity contribution in [3.8, 4) is 5.75 Å². The summed E-state index contributed by atoms with van der Waals surface area (Å²) in [6.07, 6.45) is 0. The van der Waals surface area contributed by atoms with Gasteiger partial charge >= 0.3 is 0 Å². The van der Waals surface area contributed by atoms with Gasteiger partial charge < -0.3 is 10.0 Å². The summed E-state index contributed by atoms with van der Waals surface area (Å²) in [4.78, 5) is 14.0. The Balaban J connectivity index is 2.22. The van der Waals surface area contributed by atoms with Crippen molar-refractivity contribution in [3.05, 3.63) is 65.0 Å². The first-order valence-electron chi connectivity index (χ1n) is 6.84. The molecule has 0 bridgehead atoms. The molecule has 0 saturated carbocycles. The second kappa shape index (κ2) is 6.39. The largest absolute Gasteiger partial charge is 0.507 e. The lowest BCUT2D eigenvalue weighted by Gasteiger charge is -2.21. The van der Waals surface area contributed by atoms with Crippen LogP contribution >= 0.6 is 0 Å². The number of carbonyl (C=O) groups is 1. The molecule has 2 aromatic rings. The van der Waals surface area contributed by atoms with Crippen LogP contribution in [-0.4, -0.2) is 22.5 Å². The Kier molecular flexibility index (Phi) is 4.58. The Morgan fingerprint density at radius 1 is 1.24 bits per heavy atom. The summed E-state index contributed by atoms with van der Waals surface area (Å²) in [6, 6.07) is 11.1. The number of rotatable bonds is 4. The number of aromatic hydroxyl groups is 1. The van der Waals surface area contributed by atoms with Crippen molar-refractivity contribution in [3.63, 3.8) is 0 Å². The molecule has 0 spiro atoms. The van der Waals surface area contributed by atoms with Gasteiger partial charge in [0.1, 0.15) is 11.6 Å². The van der Waals surface area contributed by atoms with Gasteiger partial charge in [-0.25, -0.2) is 4.39 Å². The molecule has 110 valence electrons. The Hall–Kier alpha value is -2.36. The number of benzene rings is 2. The zero-order valence-corrected chi connectivity index (χ0v) is 12.1. The minimum atomic E-state index is -0.325. The summed E-state index contributed by atoms with van der Waals surface area (Å²) in [5.41, 5.74) is 1.87. The van der Waals surface area contributed by atoms with E-state index in [1.54, 1.807) is 35.2 Å². The van der Waals surface area contributed by atoms with Gasteiger partial charge in [-0.15, -0.1) is 0 Å². The third kappa shape index (κ3) is 3.60. The maximum atomic E-state index is 13.2. The molecule has 2 rings (SSSR count). The second-order valence-electron chi connectivity index (χ2n) is 4.97. The number of halogens is 1. The highest BCUT2D eigenvalue weighted by molar-refractivity contribution is 5.96. The van der Waals surface area contributed by atoms with Crippen LogP contribution in [0, 0.1) is 12.7 Å². The van der Waals surface area contributed by atoms with Gasteiger partial charge in [-0.3, -0.25) is 4.79 Å². The van der Waals surface area contributed by atoms with Crippen LogP contribution in [-0.2, 0) is 6.54 Å². The van der Waals surface area contributed by atoms with Crippen LogP contribution in [0.2, 0.25) is 0 Å². The third-order valence-electron chi connectivity index (χ3n) is 3.32. The molecule has 0 aliphatic heterocycles. The highest BCUT2D eigenvalue weighted by Crippen LogP contribution is 2.21. The maximum absolute atomic E-state index is 13.2. The van der Waals surface area contributed by atoms with Crippen molar-refractivity contribution in [2.75, 3.05) is 6.54 Å². The van der Waals surface area contributed by atoms with E-state index in [-0.39, 0.29) is 23.0 Å². The van der Waals surface area contributed by atoms with Gasteiger partial charge in [-0.2, -0.15) is 0 Å². The van der Waals surface area contributed by atoms with E-state index in [2.05, 4.69) is 0 Å². The van der Waals surface area contributed by atoms with Crippen LogP contribution in [0.5, 0.6) is 5.75 Å². The van der Waals surface area contributed by atoms with Crippen LogP contribution in [0.25, 0.3) is 0 Å². The van der Waals surface area contributed by atoms with Gasteiger partial charge in [0.25, 0.3) is 5.91 Å². The van der Waals surface area contributed by atoms with Crippen molar-refractivity contribution >= 4 is 5.91 Å². The lowest BCUT2D eigenvalue weighted by Crippen LogP contribution is -2.30. The fourth-order valence-electron chi connectivity index (χ4n) is 2.18. The number of phenolic OH excluding ortho intramolecular Hbond substituents is 1. The minimum absolute atomic E-state index is 0.0299. The number of amides is 1. The van der Waals surface area contributed by atoms with Crippen molar-refractivity contribution in [1.82, 2.24) is 4.90 Å². The van der Waals surface area contributed by atoms with Gasteiger partial charge in [-0.1, -0.05) is 18.2 Å². The van der Waals surface area contributed by atoms with Gasteiger partial charge in [-0.05, 0) is 49.2 Å². The molecule has 2 aromatic carbocycles. The standard InChI is InChI=1S/C17H18FNO2/c1-3-19(11-13-5-4-6-14(18)10-13)17(21)15-8-7-12(2)9-16(15)20/h4-10,20H,3,11H2,1-2H3. The van der Waals surface area contributed by atoms with Crippen molar-refractivity contribution in [2.24, 2.45) is 0 Å². The van der Waals surface area contributed by atoms with E-state index in [0.29, 0.717) is 13.1 Å². The average Bonchev–Trinajstić information content (AvgIpc) is 2.44. The highest BCUT2D eigenvalue weighted by Gasteiger charge is 2.18. The van der Waals surface area contributed by atoms with Gasteiger partial charge in [0.15, 0.2) is 0 Å². The molecular formula is C17H18FNO2. The number of hydrogen-bond donors (Lipinski definition) is 1. The first-order valence-corrected chi connectivity index (χ1v) is 6.84. The van der Waals surface area contributed by atoms with E-state index in [4.69, 9.17) is 0 Å². The first kappa shape index (κ1) is 15.0. The van der Waals surface area contributed by atoms with E-state index in [9.17, 15) is 14.3 Å². The Bertz CT molecular complexity index is 655. The van der Waals surface area contributed by atoms with E-state index in [1.807, 2.05) is 13.8 Å². The van der Waals surface area contributed by atoms with E-state index in [1.165, 1.54) is 12.1 Å². The highest BCUT2D eigenvalue weighted by atomic mass is 19.1. The molecular weight excluding hydrogens is 269 g/mol. The molecule has 0 fully saturated rings. The monoisotopic (exact) mass is 287 g/mol. The van der Waals surface area contributed by atoms with Gasteiger partial charge in [0.05, 0.1) is 5.56 Å². The summed E-state index contributed by atoms with van der Waals surface area (Å²) in [7, 11) is 0. The summed E-state index contributed by atoms with van der Waals surface area (Å²) >= 11 is 0. The Morgan fingerprint density at radius 3 is 2.62 bits per heavy atom. The van der Waals surface area contributed by atoms with Crippen LogP contribution in [0.4, 0.5) is 4.39 Å². The molecule has 0 aliphatic rings. The molecule has 0 unspecified atom stereocenters. The molecule has 4 heteroatoms. The van der Waals surface area contributed by atoms with E-state index in [0.717, 1.165) is 11.1 Å². The van der Waals surface area contributed by atoms with E-state index >= 15 is 0 Å². The lowest BCUT2D eigenvalue weighted by molar-refractivity contribution is 0.0749. The molecule has 0 saturated heterocycles. The van der Waals surface area contributed by atoms with Gasteiger partial charge in [0.2, 0.25) is 0 Å². The summed E-state index contributed by atoms with van der Waals surface area (Å²) in [5, 5.41) is 9.91. The molecule has 0 heterocycles. The SMILES string of the molecule is CCN(Cc1cccc(F)c1)C(=O)c1ccc(C)cc1O. The third-order valence-corrected chi connectivity index (χ3v) is 3.32. The summed E-state index contributed by atoms with van der Waals surface area (Å²) in [5.74, 6) is -0.619. The van der Waals surface area contributed by atoms with Gasteiger partial charge in [0, 0.05) is 13.1 Å². The molecule has 1 amide bonds. The number of aryl methyl sites for hydroxylation is 1. The molecule has 0 radical (unpaired) electrons. The number of hydrogen-bond acceptors (Lipinski definition) is 2. The topological polar surface area (TPSA) is 40.5 Å². The summed E-state index contributed by atoms with van der Waals surface area (Å²) in [6.45, 7) is 4.48. The number of nitrogens with zero attached hydrogens (tertiary/aromatic N) is 1. The normalized spacial score (nSPS) is 10.4. The fraction of sp³-hybridized carbons (Fsp3) is 0.235. The zero-order valence-electron chi connectivity index (χ0n) is 12.1. The molecule has 21 heavy (non-hydrogen) atoms. The second-order valence-corrected chi connectivity index (χ2v) is 4.97. The van der Waals surface area contributed by atoms with Crippen LogP contribution in [0.1, 0.15) is 28.4 Å². The lowest BCUT2D eigenvalue weighted by atomic mass is 10.1. The van der Waals surface area contributed by atoms with Crippen molar-refractivity contribution < 1.29 is 14.3 Å². The Morgan fingerprint density at radius 2 is 2.00 bits per heavy atom. The minimum Gasteiger partial charge on any atom is -0.507 e. The molecule has 0 aromatic heterocycles. The zero-order chi connectivity index (χ0) is 15.4. The molecule has 0 aliphatic carbocycles. The van der Waals surface area contributed by atoms with Crippen LogP contribution < -0.4 is 0 Å². The van der Waals surface area contributed by atoms with Crippen molar-refractivity contribution in [1.29, 1.82) is 0 Å². The average molecular weight is 287 g/mol. The van der Waals surface area contributed by atoms with Crippen LogP contribution in [0.15, 0.2) is 42.5 Å². The molecule has 0 atom stereocenters. The quantitative estimate of drug-likeness (QED) is 0.935. The smallest absolute Gasteiger partial charge is 0.257 e. The number of phenols is 1. The molecule has 1 N–H and O–H groups in total.